The van der Waals surface area contributed by atoms with Crippen molar-refractivity contribution in [3.63, 3.8) is 0 Å². The topological polar surface area (TPSA) is 36.9 Å². The molecule has 0 saturated heterocycles. The second-order valence-corrected chi connectivity index (χ2v) is 3.68. The Kier molecular flexibility index (Phi) is 8.86. The van der Waals surface area contributed by atoms with Crippen molar-refractivity contribution in [3.05, 3.63) is 24.3 Å². The van der Waals surface area contributed by atoms with E-state index in [-0.39, 0.29) is 6.10 Å². The van der Waals surface area contributed by atoms with E-state index in [0.29, 0.717) is 39.6 Å². The first kappa shape index (κ1) is 14.4. The van der Waals surface area contributed by atoms with E-state index < -0.39 is 0 Å². The molecule has 1 aliphatic rings. The van der Waals surface area contributed by atoms with Crippen molar-refractivity contribution in [2.75, 3.05) is 46.8 Å². The SMILES string of the molecule is COCCOCCOCCOC1C=CC=CC1. The van der Waals surface area contributed by atoms with Gasteiger partial charge in [0.05, 0.1) is 45.7 Å². The highest BCUT2D eigenvalue weighted by Crippen LogP contribution is 2.06. The molecule has 4 heteroatoms. The number of methoxy groups -OCH3 is 1. The highest BCUT2D eigenvalue weighted by Gasteiger charge is 2.04. The van der Waals surface area contributed by atoms with Crippen LogP contribution in [0.1, 0.15) is 6.42 Å². The van der Waals surface area contributed by atoms with E-state index in [2.05, 4.69) is 12.2 Å². The summed E-state index contributed by atoms with van der Waals surface area (Å²) in [4.78, 5) is 0. The summed E-state index contributed by atoms with van der Waals surface area (Å²) in [6, 6.07) is 0. The molecule has 0 amide bonds. The largest absolute Gasteiger partial charge is 0.382 e. The zero-order valence-electron chi connectivity index (χ0n) is 10.5. The van der Waals surface area contributed by atoms with Crippen LogP contribution < -0.4 is 0 Å². The van der Waals surface area contributed by atoms with Crippen molar-refractivity contribution in [2.24, 2.45) is 0 Å². The minimum Gasteiger partial charge on any atom is -0.382 e. The van der Waals surface area contributed by atoms with E-state index in [1.54, 1.807) is 7.11 Å². The first-order valence-corrected chi connectivity index (χ1v) is 6.03. The van der Waals surface area contributed by atoms with Gasteiger partial charge in [0.1, 0.15) is 0 Å². The van der Waals surface area contributed by atoms with Crippen LogP contribution >= 0.6 is 0 Å². The molecule has 0 spiro atoms. The molecule has 0 aliphatic heterocycles. The van der Waals surface area contributed by atoms with Crippen molar-refractivity contribution in [1.82, 2.24) is 0 Å². The lowest BCUT2D eigenvalue weighted by Gasteiger charge is -2.14. The van der Waals surface area contributed by atoms with Crippen LogP contribution in [0.15, 0.2) is 24.3 Å². The second kappa shape index (κ2) is 10.5. The fourth-order valence-electron chi connectivity index (χ4n) is 1.40. The van der Waals surface area contributed by atoms with Gasteiger partial charge in [0.25, 0.3) is 0 Å². The van der Waals surface area contributed by atoms with Gasteiger partial charge in [0.2, 0.25) is 0 Å². The molecule has 1 aliphatic carbocycles. The van der Waals surface area contributed by atoms with Crippen LogP contribution in [0.5, 0.6) is 0 Å². The van der Waals surface area contributed by atoms with E-state index in [1.165, 1.54) is 0 Å². The predicted octanol–water partition coefficient (Wildman–Crippen LogP) is 1.57. The van der Waals surface area contributed by atoms with Crippen LogP contribution in [0.4, 0.5) is 0 Å². The summed E-state index contributed by atoms with van der Waals surface area (Å²) >= 11 is 0. The minimum atomic E-state index is 0.210. The first-order chi connectivity index (χ1) is 8.43. The summed E-state index contributed by atoms with van der Waals surface area (Å²) in [7, 11) is 1.66. The molecule has 0 saturated carbocycles. The maximum Gasteiger partial charge on any atom is 0.0794 e. The van der Waals surface area contributed by atoms with Crippen molar-refractivity contribution in [2.45, 2.75) is 12.5 Å². The molecule has 17 heavy (non-hydrogen) atoms. The molecule has 0 bridgehead atoms. The van der Waals surface area contributed by atoms with Gasteiger partial charge in [-0.05, 0) is 6.42 Å². The Morgan fingerprint density at radius 1 is 0.941 bits per heavy atom. The third-order valence-corrected chi connectivity index (χ3v) is 2.30. The molecule has 0 heterocycles. The van der Waals surface area contributed by atoms with Gasteiger partial charge in [-0.2, -0.15) is 0 Å². The average molecular weight is 242 g/mol. The molecule has 0 aromatic heterocycles. The Bertz CT molecular complexity index is 225. The van der Waals surface area contributed by atoms with Crippen LogP contribution in [0, 0.1) is 0 Å². The maximum absolute atomic E-state index is 5.60. The molecule has 0 N–H and O–H groups in total. The van der Waals surface area contributed by atoms with E-state index in [9.17, 15) is 0 Å². The lowest BCUT2D eigenvalue weighted by molar-refractivity contribution is -0.00602. The fourth-order valence-corrected chi connectivity index (χ4v) is 1.40. The third-order valence-electron chi connectivity index (χ3n) is 2.30. The van der Waals surface area contributed by atoms with Gasteiger partial charge < -0.3 is 18.9 Å². The van der Waals surface area contributed by atoms with Gasteiger partial charge in [0, 0.05) is 7.11 Å². The Balaban J connectivity index is 1.78. The highest BCUT2D eigenvalue weighted by atomic mass is 16.6. The summed E-state index contributed by atoms with van der Waals surface area (Å²) in [6.07, 6.45) is 9.38. The van der Waals surface area contributed by atoms with Gasteiger partial charge in [-0.25, -0.2) is 0 Å². The van der Waals surface area contributed by atoms with Crippen LogP contribution in [0.2, 0.25) is 0 Å². The van der Waals surface area contributed by atoms with Gasteiger partial charge in [-0.15, -0.1) is 0 Å². The quantitative estimate of drug-likeness (QED) is 0.545. The number of hydrogen-bond donors (Lipinski definition) is 0. The number of ether oxygens (including phenoxy) is 4. The molecule has 1 atom stereocenters. The second-order valence-electron chi connectivity index (χ2n) is 3.68. The normalized spacial score (nSPS) is 18.8. The molecule has 4 nitrogen and oxygen atoms in total. The Hall–Kier alpha value is -0.680. The fraction of sp³-hybridized carbons (Fsp3) is 0.692. The lowest BCUT2D eigenvalue weighted by atomic mass is 10.1. The smallest absolute Gasteiger partial charge is 0.0794 e. The third kappa shape index (κ3) is 8.10. The molecule has 1 unspecified atom stereocenters. The summed E-state index contributed by atoms with van der Waals surface area (Å²) < 4.78 is 21.1. The van der Waals surface area contributed by atoms with Crippen molar-refractivity contribution in [3.8, 4) is 0 Å². The molecule has 0 radical (unpaired) electrons. The Morgan fingerprint density at radius 3 is 2.29 bits per heavy atom. The molecule has 0 fully saturated rings. The van der Waals surface area contributed by atoms with Crippen molar-refractivity contribution >= 4 is 0 Å². The van der Waals surface area contributed by atoms with Gasteiger partial charge >= 0.3 is 0 Å². The summed E-state index contributed by atoms with van der Waals surface area (Å²) in [5, 5.41) is 0. The summed E-state index contributed by atoms with van der Waals surface area (Å²) in [5.41, 5.74) is 0. The molecule has 0 aromatic rings. The molecule has 98 valence electrons. The first-order valence-electron chi connectivity index (χ1n) is 6.03. The summed E-state index contributed by atoms with van der Waals surface area (Å²) in [6.45, 7) is 3.70. The van der Waals surface area contributed by atoms with Crippen molar-refractivity contribution < 1.29 is 18.9 Å². The zero-order chi connectivity index (χ0) is 12.2. The monoisotopic (exact) mass is 242 g/mol. The van der Waals surface area contributed by atoms with Crippen LogP contribution in [-0.2, 0) is 18.9 Å². The molecule has 0 aromatic carbocycles. The van der Waals surface area contributed by atoms with Crippen LogP contribution in [-0.4, -0.2) is 52.9 Å². The Morgan fingerprint density at radius 2 is 1.65 bits per heavy atom. The highest BCUT2D eigenvalue weighted by molar-refractivity contribution is 5.11. The van der Waals surface area contributed by atoms with Crippen LogP contribution in [0.3, 0.4) is 0 Å². The molecule has 1 rings (SSSR count). The number of allylic oxidation sites excluding steroid dienone is 2. The number of hydrogen-bond acceptors (Lipinski definition) is 4. The molecular formula is C13H22O4. The lowest BCUT2D eigenvalue weighted by Crippen LogP contribution is -2.16. The Labute approximate surface area is 103 Å². The van der Waals surface area contributed by atoms with Crippen molar-refractivity contribution in [1.29, 1.82) is 0 Å². The van der Waals surface area contributed by atoms with Gasteiger partial charge in [-0.1, -0.05) is 24.3 Å². The predicted molar refractivity (Wildman–Crippen MR) is 66.2 cm³/mol. The standard InChI is InChI=1S/C13H22O4/c1-14-7-8-15-9-10-16-11-12-17-13-5-3-2-4-6-13/h2-5,13H,6-12H2,1H3. The minimum absolute atomic E-state index is 0.210. The van der Waals surface area contributed by atoms with E-state index in [4.69, 9.17) is 18.9 Å². The average Bonchev–Trinajstić information content (AvgIpc) is 2.38. The van der Waals surface area contributed by atoms with Gasteiger partial charge in [-0.3, -0.25) is 0 Å². The van der Waals surface area contributed by atoms with Gasteiger partial charge in [0.15, 0.2) is 0 Å². The number of rotatable bonds is 10. The van der Waals surface area contributed by atoms with E-state index >= 15 is 0 Å². The van der Waals surface area contributed by atoms with E-state index in [1.807, 2.05) is 12.2 Å². The van der Waals surface area contributed by atoms with E-state index in [0.717, 1.165) is 6.42 Å². The van der Waals surface area contributed by atoms with Crippen LogP contribution in [0.25, 0.3) is 0 Å². The molecular weight excluding hydrogens is 220 g/mol. The summed E-state index contributed by atoms with van der Waals surface area (Å²) in [5.74, 6) is 0. The maximum atomic E-state index is 5.60. The zero-order valence-corrected chi connectivity index (χ0v) is 10.5.